The number of unbranched alkanes of at least 4 members (excludes halogenated alkanes) is 2. The molecule has 8 atom stereocenters. The van der Waals surface area contributed by atoms with Gasteiger partial charge in [-0.2, -0.15) is 0 Å². The molecule has 11 heteroatoms. The highest BCUT2D eigenvalue weighted by molar-refractivity contribution is 5.77. The molecule has 39 heavy (non-hydrogen) atoms. The third kappa shape index (κ3) is 12.4. The van der Waals surface area contributed by atoms with Gasteiger partial charge in [0.25, 0.3) is 0 Å². The monoisotopic (exact) mass is 560 g/mol. The van der Waals surface area contributed by atoms with Crippen LogP contribution in [-0.4, -0.2) is 113 Å². The van der Waals surface area contributed by atoms with E-state index in [1.807, 2.05) is 0 Å². The number of hydrogen-bond donors (Lipinski definition) is 5. The van der Waals surface area contributed by atoms with Crippen LogP contribution in [0.5, 0.6) is 0 Å². The molecule has 0 aromatic heterocycles. The SMILES string of the molecule is CC(=O)N[C@@H](CO)C(OCCCCCC(=O)N1C[C@H](O)C[C@H]1COC1CCCC(C)CC1)OC(CO)[C@@H](C)O. The molecular formula is C28H52N2O9. The highest BCUT2D eigenvalue weighted by Crippen LogP contribution is 2.26. The van der Waals surface area contributed by atoms with Crippen molar-refractivity contribution in [1.82, 2.24) is 10.2 Å². The Balaban J connectivity index is 1.75. The van der Waals surface area contributed by atoms with Crippen LogP contribution >= 0.6 is 0 Å². The van der Waals surface area contributed by atoms with Gasteiger partial charge in [0.15, 0.2) is 6.29 Å². The van der Waals surface area contributed by atoms with Crippen molar-refractivity contribution in [2.75, 3.05) is 33.0 Å². The van der Waals surface area contributed by atoms with Crippen molar-refractivity contribution < 1.29 is 44.2 Å². The van der Waals surface area contributed by atoms with E-state index >= 15 is 0 Å². The van der Waals surface area contributed by atoms with E-state index in [0.717, 1.165) is 18.8 Å². The Labute approximate surface area is 233 Å². The molecule has 1 aliphatic heterocycles. The molecule has 2 fully saturated rings. The van der Waals surface area contributed by atoms with E-state index in [1.165, 1.54) is 33.1 Å². The number of hydrogen-bond acceptors (Lipinski definition) is 9. The van der Waals surface area contributed by atoms with Gasteiger partial charge in [0.2, 0.25) is 11.8 Å². The van der Waals surface area contributed by atoms with Crippen LogP contribution in [0.3, 0.4) is 0 Å². The summed E-state index contributed by atoms with van der Waals surface area (Å²) >= 11 is 0. The molecule has 1 heterocycles. The molecule has 228 valence electrons. The molecule has 1 saturated heterocycles. The molecular weight excluding hydrogens is 508 g/mol. The Bertz CT molecular complexity index is 711. The van der Waals surface area contributed by atoms with Crippen molar-refractivity contribution in [3.05, 3.63) is 0 Å². The number of likely N-dealkylation sites (tertiary alicyclic amines) is 1. The van der Waals surface area contributed by atoms with Crippen LogP contribution in [0.15, 0.2) is 0 Å². The zero-order chi connectivity index (χ0) is 28.8. The zero-order valence-electron chi connectivity index (χ0n) is 24.0. The zero-order valence-corrected chi connectivity index (χ0v) is 24.0. The number of nitrogens with zero attached hydrogens (tertiary/aromatic N) is 1. The Morgan fingerprint density at radius 2 is 1.85 bits per heavy atom. The number of aliphatic hydroxyl groups is 4. The Hall–Kier alpha value is -1.34. The minimum absolute atomic E-state index is 0.0190. The summed E-state index contributed by atoms with van der Waals surface area (Å²) in [5, 5.41) is 41.7. The molecule has 0 aromatic carbocycles. The van der Waals surface area contributed by atoms with E-state index in [4.69, 9.17) is 14.2 Å². The van der Waals surface area contributed by atoms with Crippen LogP contribution in [0.25, 0.3) is 0 Å². The van der Waals surface area contributed by atoms with Gasteiger partial charge in [-0.1, -0.05) is 26.2 Å². The van der Waals surface area contributed by atoms with Crippen molar-refractivity contribution in [1.29, 1.82) is 0 Å². The molecule has 2 rings (SSSR count). The lowest BCUT2D eigenvalue weighted by molar-refractivity contribution is -0.214. The topological polar surface area (TPSA) is 158 Å². The molecule has 0 spiro atoms. The summed E-state index contributed by atoms with van der Waals surface area (Å²) in [5.41, 5.74) is 0. The molecule has 5 N–H and O–H groups in total. The summed E-state index contributed by atoms with van der Waals surface area (Å²) in [7, 11) is 0. The number of aliphatic hydroxyl groups excluding tert-OH is 4. The quantitative estimate of drug-likeness (QED) is 0.0998. The standard InChI is InChI=1S/C28H52N2O9/c1-19-8-7-9-24(12-11-19)38-18-22-14-23(35)15-30(22)27(36)10-5-4-6-13-37-28(25(16-31)29-21(3)34)39-26(17-32)20(2)33/h19-20,22-26,28,31-33,35H,4-18H2,1-3H3,(H,29,34)/t19?,20-,22+,23-,24?,25+,26?,28?/m1/s1. The molecule has 0 aromatic rings. The lowest BCUT2D eigenvalue weighted by Crippen LogP contribution is -2.50. The van der Waals surface area contributed by atoms with Crippen molar-refractivity contribution in [2.45, 2.75) is 128 Å². The first-order valence-corrected chi connectivity index (χ1v) is 14.7. The second-order valence-electron chi connectivity index (χ2n) is 11.3. The summed E-state index contributed by atoms with van der Waals surface area (Å²) < 4.78 is 17.6. The van der Waals surface area contributed by atoms with Crippen molar-refractivity contribution >= 4 is 11.8 Å². The van der Waals surface area contributed by atoms with E-state index in [9.17, 15) is 30.0 Å². The van der Waals surface area contributed by atoms with E-state index in [2.05, 4.69) is 12.2 Å². The third-order valence-corrected chi connectivity index (χ3v) is 7.70. The fourth-order valence-electron chi connectivity index (χ4n) is 5.31. The number of carbonyl (C=O) groups excluding carboxylic acids is 2. The van der Waals surface area contributed by atoms with Crippen LogP contribution in [0.4, 0.5) is 0 Å². The number of nitrogens with one attached hydrogen (secondary N) is 1. The number of rotatable bonds is 17. The molecule has 0 bridgehead atoms. The average molecular weight is 561 g/mol. The van der Waals surface area contributed by atoms with Crippen molar-refractivity contribution in [2.24, 2.45) is 5.92 Å². The van der Waals surface area contributed by atoms with E-state index in [1.54, 1.807) is 4.90 Å². The van der Waals surface area contributed by atoms with Gasteiger partial charge in [0.1, 0.15) is 12.1 Å². The average Bonchev–Trinajstić information content (AvgIpc) is 3.14. The predicted molar refractivity (Wildman–Crippen MR) is 145 cm³/mol. The maximum Gasteiger partial charge on any atom is 0.222 e. The molecule has 0 radical (unpaired) electrons. The summed E-state index contributed by atoms with van der Waals surface area (Å²) in [6, 6.07) is -0.953. The molecule has 1 saturated carbocycles. The van der Waals surface area contributed by atoms with Crippen LogP contribution in [-0.2, 0) is 23.8 Å². The maximum atomic E-state index is 12.9. The fraction of sp³-hybridized carbons (Fsp3) is 0.929. The molecule has 1 aliphatic carbocycles. The van der Waals surface area contributed by atoms with Crippen LogP contribution in [0, 0.1) is 5.92 Å². The Morgan fingerprint density at radius 3 is 2.51 bits per heavy atom. The number of β-amino-alcohol motifs (C(OH)–C–C–N with tert-alkyl or cyclic N) is 1. The maximum absolute atomic E-state index is 12.9. The van der Waals surface area contributed by atoms with E-state index < -0.39 is 43.9 Å². The van der Waals surface area contributed by atoms with Crippen LogP contribution < -0.4 is 5.32 Å². The third-order valence-electron chi connectivity index (χ3n) is 7.70. The smallest absolute Gasteiger partial charge is 0.222 e. The Morgan fingerprint density at radius 1 is 1.08 bits per heavy atom. The predicted octanol–water partition coefficient (Wildman–Crippen LogP) is 1.09. The summed E-state index contributed by atoms with van der Waals surface area (Å²) in [6.45, 7) is 5.23. The Kier molecular flexibility index (Phi) is 15.8. The summed E-state index contributed by atoms with van der Waals surface area (Å²) in [5.74, 6) is 0.385. The first-order valence-electron chi connectivity index (χ1n) is 14.7. The van der Waals surface area contributed by atoms with Gasteiger partial charge in [-0.05, 0) is 51.4 Å². The van der Waals surface area contributed by atoms with Gasteiger partial charge in [-0.3, -0.25) is 9.59 Å². The molecule has 11 nitrogen and oxygen atoms in total. The first kappa shape index (κ1) is 33.9. The van der Waals surface area contributed by atoms with Gasteiger partial charge in [0, 0.05) is 26.5 Å². The highest BCUT2D eigenvalue weighted by Gasteiger charge is 2.35. The molecule has 4 unspecified atom stereocenters. The number of carbonyl (C=O) groups is 2. The number of amides is 2. The normalized spacial score (nSPS) is 27.0. The first-order chi connectivity index (χ1) is 18.6. The van der Waals surface area contributed by atoms with Crippen LogP contribution in [0.2, 0.25) is 0 Å². The second-order valence-corrected chi connectivity index (χ2v) is 11.3. The highest BCUT2D eigenvalue weighted by atomic mass is 16.7. The summed E-state index contributed by atoms with van der Waals surface area (Å²) in [6.07, 6.45) is 5.34. The van der Waals surface area contributed by atoms with Gasteiger partial charge in [0.05, 0.1) is 44.2 Å². The van der Waals surface area contributed by atoms with Crippen molar-refractivity contribution in [3.63, 3.8) is 0 Å². The van der Waals surface area contributed by atoms with Gasteiger partial charge < -0.3 is 44.9 Å². The minimum atomic E-state index is -1.06. The minimum Gasteiger partial charge on any atom is -0.394 e. The lowest BCUT2D eigenvalue weighted by Gasteiger charge is -2.30. The van der Waals surface area contributed by atoms with Gasteiger partial charge in [-0.25, -0.2) is 0 Å². The van der Waals surface area contributed by atoms with Crippen LogP contribution in [0.1, 0.15) is 85.0 Å². The van der Waals surface area contributed by atoms with Crippen molar-refractivity contribution in [3.8, 4) is 0 Å². The van der Waals surface area contributed by atoms with E-state index in [0.29, 0.717) is 45.3 Å². The molecule has 2 amide bonds. The van der Waals surface area contributed by atoms with E-state index in [-0.39, 0.29) is 30.6 Å². The van der Waals surface area contributed by atoms with Gasteiger partial charge in [-0.15, -0.1) is 0 Å². The number of ether oxygens (including phenoxy) is 3. The van der Waals surface area contributed by atoms with Gasteiger partial charge >= 0.3 is 0 Å². The fourth-order valence-corrected chi connectivity index (χ4v) is 5.31. The molecule has 2 aliphatic rings. The summed E-state index contributed by atoms with van der Waals surface area (Å²) in [4.78, 5) is 26.2. The lowest BCUT2D eigenvalue weighted by atomic mass is 10.0. The second kappa shape index (κ2) is 18.2. The largest absolute Gasteiger partial charge is 0.394 e.